The second-order valence-electron chi connectivity index (χ2n) is 10.2. The number of hydrogen-bond donors (Lipinski definition) is 0. The van der Waals surface area contributed by atoms with Crippen LogP contribution in [0.15, 0.2) is 36.8 Å². The van der Waals surface area contributed by atoms with E-state index < -0.39 is 0 Å². The van der Waals surface area contributed by atoms with E-state index in [0.29, 0.717) is 13.2 Å². The van der Waals surface area contributed by atoms with Crippen molar-refractivity contribution in [2.75, 3.05) is 76.4 Å². The fourth-order valence-corrected chi connectivity index (χ4v) is 6.42. The lowest BCUT2D eigenvalue weighted by molar-refractivity contribution is 0.122. The average molecular weight is 558 g/mol. The van der Waals surface area contributed by atoms with Gasteiger partial charge in [-0.2, -0.15) is 5.10 Å². The third-order valence-electron chi connectivity index (χ3n) is 7.67. The summed E-state index contributed by atoms with van der Waals surface area (Å²) in [6, 6.07) is 6.00. The van der Waals surface area contributed by atoms with Crippen LogP contribution < -0.4 is 14.5 Å². The van der Waals surface area contributed by atoms with Crippen LogP contribution in [-0.2, 0) is 4.74 Å². The largest absolute Gasteiger partial charge is 0.496 e. The lowest BCUT2D eigenvalue weighted by Gasteiger charge is -2.32. The Morgan fingerprint density at radius 2 is 1.77 bits per heavy atom. The highest BCUT2D eigenvalue weighted by molar-refractivity contribution is 7.22. The number of methoxy groups -OCH3 is 1. The van der Waals surface area contributed by atoms with Crippen molar-refractivity contribution in [1.29, 1.82) is 0 Å². The first kappa shape index (κ1) is 25.1. The summed E-state index contributed by atoms with van der Waals surface area (Å²) in [5.74, 6) is 2.37. The number of likely N-dealkylation sites (N-methyl/N-ethyl adjacent to an activating group) is 1. The van der Waals surface area contributed by atoms with Crippen molar-refractivity contribution in [2.24, 2.45) is 0 Å². The number of piperazine rings is 1. The van der Waals surface area contributed by atoms with Crippen molar-refractivity contribution < 1.29 is 9.47 Å². The van der Waals surface area contributed by atoms with Crippen molar-refractivity contribution in [2.45, 2.75) is 6.92 Å². The predicted octanol–water partition coefficient (Wildman–Crippen LogP) is 3.39. The summed E-state index contributed by atoms with van der Waals surface area (Å²) in [5.41, 5.74) is 4.37. The van der Waals surface area contributed by atoms with E-state index in [1.165, 1.54) is 0 Å². The van der Waals surface area contributed by atoms with Gasteiger partial charge in [0.1, 0.15) is 11.3 Å². The molecule has 0 amide bonds. The minimum Gasteiger partial charge on any atom is -0.496 e. The molecular weight excluding hydrogens is 526 g/mol. The molecule has 0 bridgehead atoms. The Hall–Kier alpha value is -3.87. The van der Waals surface area contributed by atoms with Crippen LogP contribution in [0.2, 0.25) is 0 Å². The Morgan fingerprint density at radius 1 is 0.950 bits per heavy atom. The summed E-state index contributed by atoms with van der Waals surface area (Å²) in [5, 5.41) is 6.82. The third-order valence-corrected chi connectivity index (χ3v) is 8.73. The van der Waals surface area contributed by atoms with Crippen LogP contribution in [0, 0.1) is 6.92 Å². The van der Waals surface area contributed by atoms with E-state index in [1.54, 1.807) is 30.8 Å². The van der Waals surface area contributed by atoms with Crippen molar-refractivity contribution in [1.82, 2.24) is 34.6 Å². The van der Waals surface area contributed by atoms with E-state index in [-0.39, 0.29) is 0 Å². The quantitative estimate of drug-likeness (QED) is 0.320. The Bertz CT molecular complexity index is 1690. The number of fused-ring (bicyclic) bond motifs is 2. The smallest absolute Gasteiger partial charge is 0.186 e. The third kappa shape index (κ3) is 4.41. The molecule has 0 N–H and O–H groups in total. The lowest BCUT2D eigenvalue weighted by atomic mass is 10.1. The summed E-state index contributed by atoms with van der Waals surface area (Å²) in [6.45, 7) is 8.92. The van der Waals surface area contributed by atoms with Crippen LogP contribution >= 0.6 is 11.3 Å². The van der Waals surface area contributed by atoms with E-state index in [4.69, 9.17) is 29.5 Å². The molecule has 7 rings (SSSR count). The monoisotopic (exact) mass is 557 g/mol. The maximum Gasteiger partial charge on any atom is 0.186 e. The van der Waals surface area contributed by atoms with Crippen molar-refractivity contribution >= 4 is 43.4 Å². The number of nitrogens with zero attached hydrogens (tertiary/aromatic N) is 9. The first-order valence-corrected chi connectivity index (χ1v) is 14.3. The Morgan fingerprint density at radius 3 is 2.58 bits per heavy atom. The maximum absolute atomic E-state index is 5.65. The molecule has 2 fully saturated rings. The molecule has 11 nitrogen and oxygen atoms in total. The summed E-state index contributed by atoms with van der Waals surface area (Å²) in [4.78, 5) is 26.5. The molecule has 0 atom stereocenters. The van der Waals surface area contributed by atoms with Crippen LogP contribution in [0.25, 0.3) is 38.2 Å². The molecule has 0 aliphatic carbocycles. The molecule has 2 aliphatic rings. The molecule has 12 heteroatoms. The standard InChI is InChI=1S/C28H31N9O2S/c1-18-19-17-30-37(22(19)14-21(31-18)20-16-29-5-4-23(20)38-3)25-15-24-26(27(32-25)35-10-12-39-13-11-35)33-28(40-24)36-8-6-34(2)7-9-36/h4-5,14-17H,6-13H2,1-3H3. The van der Waals surface area contributed by atoms with Crippen molar-refractivity contribution in [3.63, 3.8) is 0 Å². The molecule has 0 saturated carbocycles. The van der Waals surface area contributed by atoms with E-state index >= 15 is 0 Å². The molecule has 7 heterocycles. The molecular formula is C28H31N9O2S. The fraction of sp³-hybridized carbons (Fsp3) is 0.393. The van der Waals surface area contributed by atoms with Gasteiger partial charge in [0.15, 0.2) is 16.8 Å². The molecule has 0 unspecified atom stereocenters. The SMILES string of the molecule is COc1ccncc1-c1cc2c(cnn2-c2cc3sc(N4CCN(C)CC4)nc3c(N3CCOCC3)n2)c(C)n1. The number of hydrogen-bond acceptors (Lipinski definition) is 11. The van der Waals surface area contributed by atoms with Crippen molar-refractivity contribution in [3.8, 4) is 22.8 Å². The van der Waals surface area contributed by atoms with E-state index in [1.807, 2.05) is 29.9 Å². The highest BCUT2D eigenvalue weighted by Gasteiger charge is 2.24. The normalized spacial score (nSPS) is 16.8. The number of thiazole rings is 1. The van der Waals surface area contributed by atoms with Gasteiger partial charge in [-0.05, 0) is 26.1 Å². The van der Waals surface area contributed by atoms with Crippen LogP contribution in [0.5, 0.6) is 5.75 Å². The van der Waals surface area contributed by atoms with Gasteiger partial charge < -0.3 is 24.2 Å². The van der Waals surface area contributed by atoms with Gasteiger partial charge in [-0.25, -0.2) is 14.6 Å². The van der Waals surface area contributed by atoms with Crippen LogP contribution in [0.1, 0.15) is 5.69 Å². The molecule has 5 aromatic heterocycles. The zero-order chi connectivity index (χ0) is 27.2. The number of morpholine rings is 1. The fourth-order valence-electron chi connectivity index (χ4n) is 5.38. The number of anilines is 2. The predicted molar refractivity (Wildman–Crippen MR) is 157 cm³/mol. The summed E-state index contributed by atoms with van der Waals surface area (Å²) in [7, 11) is 3.83. The van der Waals surface area contributed by atoms with Gasteiger partial charge in [-0.3, -0.25) is 9.97 Å². The zero-order valence-corrected chi connectivity index (χ0v) is 23.7. The molecule has 0 radical (unpaired) electrons. The van der Waals surface area contributed by atoms with Gasteiger partial charge in [0.2, 0.25) is 0 Å². The summed E-state index contributed by atoms with van der Waals surface area (Å²) < 4.78 is 14.3. The van der Waals surface area contributed by atoms with E-state index in [0.717, 1.165) is 99.9 Å². The second-order valence-corrected chi connectivity index (χ2v) is 11.2. The lowest BCUT2D eigenvalue weighted by Crippen LogP contribution is -2.44. The Balaban J connectivity index is 1.38. The number of aryl methyl sites for hydroxylation is 1. The van der Waals surface area contributed by atoms with Gasteiger partial charge in [-0.1, -0.05) is 11.3 Å². The minimum absolute atomic E-state index is 0.675. The summed E-state index contributed by atoms with van der Waals surface area (Å²) in [6.07, 6.45) is 5.37. The number of rotatable bonds is 5. The van der Waals surface area contributed by atoms with Gasteiger partial charge in [0, 0.05) is 68.8 Å². The van der Waals surface area contributed by atoms with Crippen LogP contribution in [0.3, 0.4) is 0 Å². The molecule has 2 aliphatic heterocycles. The van der Waals surface area contributed by atoms with Gasteiger partial charge in [0.05, 0.1) is 48.0 Å². The van der Waals surface area contributed by atoms with Gasteiger partial charge >= 0.3 is 0 Å². The van der Waals surface area contributed by atoms with E-state index in [2.05, 4.69) is 32.8 Å². The zero-order valence-electron chi connectivity index (χ0n) is 22.9. The topological polar surface area (TPSA) is 97.6 Å². The second kappa shape index (κ2) is 10.3. The highest BCUT2D eigenvalue weighted by atomic mass is 32.1. The van der Waals surface area contributed by atoms with Gasteiger partial charge in [0.25, 0.3) is 0 Å². The first-order valence-electron chi connectivity index (χ1n) is 13.5. The molecule has 40 heavy (non-hydrogen) atoms. The van der Waals surface area contributed by atoms with Crippen molar-refractivity contribution in [3.05, 3.63) is 42.5 Å². The molecule has 0 aromatic carbocycles. The van der Waals surface area contributed by atoms with Crippen LogP contribution in [0.4, 0.5) is 10.9 Å². The highest BCUT2D eigenvalue weighted by Crippen LogP contribution is 2.37. The minimum atomic E-state index is 0.675. The number of aromatic nitrogens is 6. The average Bonchev–Trinajstić information content (AvgIpc) is 3.62. The molecule has 0 spiro atoms. The number of pyridine rings is 3. The molecule has 5 aromatic rings. The summed E-state index contributed by atoms with van der Waals surface area (Å²) >= 11 is 1.73. The Kier molecular flexibility index (Phi) is 6.45. The first-order chi connectivity index (χ1) is 19.6. The molecule has 206 valence electrons. The van der Waals surface area contributed by atoms with Gasteiger partial charge in [-0.15, -0.1) is 0 Å². The molecule has 2 saturated heterocycles. The Labute approximate surface area is 236 Å². The maximum atomic E-state index is 5.65. The van der Waals surface area contributed by atoms with Crippen LogP contribution in [-0.4, -0.2) is 101 Å². The van der Waals surface area contributed by atoms with E-state index in [9.17, 15) is 0 Å². The number of ether oxygens (including phenoxy) is 2.